The second-order valence-electron chi connectivity index (χ2n) is 4.86. The standard InChI is InChI=1S/C16H14ClN5O/c17-13-7-4-8-18-14(13)10-22-11-20-15(21-16(22)23)19-9-12-5-2-1-3-6-12/h1-8,11H,9-10H2,(H,19,21,23). The summed E-state index contributed by atoms with van der Waals surface area (Å²) in [7, 11) is 0. The number of nitrogens with one attached hydrogen (secondary N) is 1. The molecule has 3 rings (SSSR count). The van der Waals surface area contributed by atoms with Crippen molar-refractivity contribution in [2.24, 2.45) is 0 Å². The zero-order valence-corrected chi connectivity index (χ0v) is 12.9. The van der Waals surface area contributed by atoms with Crippen molar-refractivity contribution in [3.05, 3.63) is 81.8 Å². The van der Waals surface area contributed by atoms with Crippen molar-refractivity contribution in [2.75, 3.05) is 5.32 Å². The van der Waals surface area contributed by atoms with Crippen LogP contribution in [-0.4, -0.2) is 19.5 Å². The fourth-order valence-corrected chi connectivity index (χ4v) is 2.21. The molecular weight excluding hydrogens is 314 g/mol. The van der Waals surface area contributed by atoms with Gasteiger partial charge >= 0.3 is 5.69 Å². The van der Waals surface area contributed by atoms with E-state index >= 15 is 0 Å². The SMILES string of the molecule is O=c1nc(NCc2ccccc2)ncn1Cc1ncccc1Cl. The molecule has 0 saturated heterocycles. The van der Waals surface area contributed by atoms with Gasteiger partial charge in [0.15, 0.2) is 0 Å². The third kappa shape index (κ3) is 3.92. The average molecular weight is 328 g/mol. The molecule has 0 spiro atoms. The Hall–Kier alpha value is -2.73. The first-order valence-corrected chi connectivity index (χ1v) is 7.41. The van der Waals surface area contributed by atoms with Gasteiger partial charge in [-0.1, -0.05) is 41.9 Å². The van der Waals surface area contributed by atoms with Crippen LogP contribution in [0, 0.1) is 0 Å². The number of anilines is 1. The lowest BCUT2D eigenvalue weighted by Crippen LogP contribution is -2.25. The number of aromatic nitrogens is 4. The second-order valence-corrected chi connectivity index (χ2v) is 5.27. The molecule has 7 heteroatoms. The summed E-state index contributed by atoms with van der Waals surface area (Å²) in [6.07, 6.45) is 3.07. The maximum absolute atomic E-state index is 12.1. The molecule has 3 aromatic rings. The van der Waals surface area contributed by atoms with E-state index in [2.05, 4.69) is 20.3 Å². The van der Waals surface area contributed by atoms with Crippen LogP contribution >= 0.6 is 11.6 Å². The first kappa shape index (κ1) is 15.2. The van der Waals surface area contributed by atoms with Gasteiger partial charge in [0.05, 0.1) is 17.3 Å². The molecule has 23 heavy (non-hydrogen) atoms. The van der Waals surface area contributed by atoms with Gasteiger partial charge in [0.2, 0.25) is 5.95 Å². The Morgan fingerprint density at radius 2 is 1.91 bits per heavy atom. The van der Waals surface area contributed by atoms with Crippen LogP contribution in [0.15, 0.2) is 59.8 Å². The summed E-state index contributed by atoms with van der Waals surface area (Å²) < 4.78 is 1.36. The quantitative estimate of drug-likeness (QED) is 0.778. The van der Waals surface area contributed by atoms with Crippen LogP contribution in [-0.2, 0) is 13.1 Å². The maximum atomic E-state index is 12.1. The lowest BCUT2D eigenvalue weighted by Gasteiger charge is -2.07. The smallest absolute Gasteiger partial charge is 0.350 e. The highest BCUT2D eigenvalue weighted by Crippen LogP contribution is 2.12. The van der Waals surface area contributed by atoms with Gasteiger partial charge in [-0.2, -0.15) is 4.98 Å². The number of pyridine rings is 1. The van der Waals surface area contributed by atoms with Gasteiger partial charge in [-0.3, -0.25) is 9.55 Å². The highest BCUT2D eigenvalue weighted by molar-refractivity contribution is 6.31. The lowest BCUT2D eigenvalue weighted by molar-refractivity contribution is 0.687. The van der Waals surface area contributed by atoms with Crippen LogP contribution in [0.5, 0.6) is 0 Å². The fourth-order valence-electron chi connectivity index (χ4n) is 2.02. The molecular formula is C16H14ClN5O. The Labute approximate surface area is 137 Å². The third-order valence-electron chi connectivity index (χ3n) is 3.21. The van der Waals surface area contributed by atoms with Crippen LogP contribution in [0.2, 0.25) is 5.02 Å². The van der Waals surface area contributed by atoms with Crippen LogP contribution in [0.3, 0.4) is 0 Å². The Morgan fingerprint density at radius 3 is 2.65 bits per heavy atom. The van der Waals surface area contributed by atoms with E-state index in [0.29, 0.717) is 23.2 Å². The normalized spacial score (nSPS) is 10.5. The van der Waals surface area contributed by atoms with E-state index in [4.69, 9.17) is 11.6 Å². The van der Waals surface area contributed by atoms with Crippen LogP contribution in [0.4, 0.5) is 5.95 Å². The van der Waals surface area contributed by atoms with E-state index < -0.39 is 5.69 Å². The fraction of sp³-hybridized carbons (Fsp3) is 0.125. The second kappa shape index (κ2) is 7.02. The third-order valence-corrected chi connectivity index (χ3v) is 3.56. The van der Waals surface area contributed by atoms with Gasteiger partial charge in [-0.25, -0.2) is 9.78 Å². The Kier molecular flexibility index (Phi) is 4.63. The summed E-state index contributed by atoms with van der Waals surface area (Å²) in [6.45, 7) is 0.786. The summed E-state index contributed by atoms with van der Waals surface area (Å²) in [5, 5.41) is 3.53. The molecule has 0 aliphatic rings. The number of hydrogen-bond acceptors (Lipinski definition) is 5. The predicted octanol–water partition coefficient (Wildman–Crippen LogP) is 2.35. The monoisotopic (exact) mass is 327 g/mol. The first-order chi connectivity index (χ1) is 11.2. The summed E-state index contributed by atoms with van der Waals surface area (Å²) in [5.41, 5.74) is 1.28. The molecule has 0 radical (unpaired) electrons. The van der Waals surface area contributed by atoms with E-state index in [9.17, 15) is 4.79 Å². The Balaban J connectivity index is 1.71. The van der Waals surface area contributed by atoms with Crippen molar-refractivity contribution in [2.45, 2.75) is 13.1 Å². The number of nitrogens with zero attached hydrogens (tertiary/aromatic N) is 4. The molecule has 1 N–H and O–H groups in total. The topological polar surface area (TPSA) is 72.7 Å². The lowest BCUT2D eigenvalue weighted by atomic mass is 10.2. The van der Waals surface area contributed by atoms with Crippen LogP contribution in [0.25, 0.3) is 0 Å². The molecule has 0 atom stereocenters. The van der Waals surface area contributed by atoms with E-state index in [1.807, 2.05) is 30.3 Å². The average Bonchev–Trinajstić information content (AvgIpc) is 2.58. The molecule has 0 unspecified atom stereocenters. The Bertz CT molecular complexity index is 850. The van der Waals surface area contributed by atoms with Gasteiger partial charge < -0.3 is 5.32 Å². The largest absolute Gasteiger partial charge is 0.352 e. The molecule has 6 nitrogen and oxygen atoms in total. The molecule has 0 bridgehead atoms. The highest BCUT2D eigenvalue weighted by atomic mass is 35.5. The summed E-state index contributed by atoms with van der Waals surface area (Å²) in [5.74, 6) is 0.294. The van der Waals surface area contributed by atoms with Crippen LogP contribution in [0.1, 0.15) is 11.3 Å². The molecule has 2 aromatic heterocycles. The first-order valence-electron chi connectivity index (χ1n) is 7.03. The van der Waals surface area contributed by atoms with Crippen molar-refractivity contribution < 1.29 is 0 Å². The summed E-state index contributed by atoms with van der Waals surface area (Å²) in [4.78, 5) is 24.3. The zero-order chi connectivity index (χ0) is 16.1. The highest BCUT2D eigenvalue weighted by Gasteiger charge is 2.06. The van der Waals surface area contributed by atoms with Crippen molar-refractivity contribution in [1.82, 2.24) is 19.5 Å². The van der Waals surface area contributed by atoms with E-state index in [0.717, 1.165) is 5.56 Å². The maximum Gasteiger partial charge on any atom is 0.352 e. The van der Waals surface area contributed by atoms with Crippen molar-refractivity contribution >= 4 is 17.5 Å². The van der Waals surface area contributed by atoms with E-state index in [1.165, 1.54) is 10.9 Å². The molecule has 0 saturated carbocycles. The number of hydrogen-bond donors (Lipinski definition) is 1. The number of rotatable bonds is 5. The van der Waals surface area contributed by atoms with Gasteiger partial charge in [-0.15, -0.1) is 0 Å². The van der Waals surface area contributed by atoms with Gasteiger partial charge in [0.1, 0.15) is 6.33 Å². The van der Waals surface area contributed by atoms with Crippen molar-refractivity contribution in [1.29, 1.82) is 0 Å². The summed E-state index contributed by atoms with van der Waals surface area (Å²) >= 11 is 6.04. The van der Waals surface area contributed by atoms with Gasteiger partial charge in [0, 0.05) is 12.7 Å². The Morgan fingerprint density at radius 1 is 1.09 bits per heavy atom. The molecule has 1 aromatic carbocycles. The van der Waals surface area contributed by atoms with Crippen molar-refractivity contribution in [3.63, 3.8) is 0 Å². The molecule has 2 heterocycles. The number of benzene rings is 1. The van der Waals surface area contributed by atoms with Crippen molar-refractivity contribution in [3.8, 4) is 0 Å². The van der Waals surface area contributed by atoms with Gasteiger partial charge in [-0.05, 0) is 17.7 Å². The molecule has 0 amide bonds. The minimum Gasteiger partial charge on any atom is -0.350 e. The number of halogens is 1. The molecule has 0 fully saturated rings. The molecule has 0 aliphatic carbocycles. The summed E-state index contributed by atoms with van der Waals surface area (Å²) in [6, 6.07) is 13.3. The zero-order valence-electron chi connectivity index (χ0n) is 12.2. The minimum atomic E-state index is -0.405. The van der Waals surface area contributed by atoms with E-state index in [1.54, 1.807) is 18.3 Å². The molecule has 116 valence electrons. The minimum absolute atomic E-state index is 0.234. The van der Waals surface area contributed by atoms with Gasteiger partial charge in [0.25, 0.3) is 0 Å². The van der Waals surface area contributed by atoms with E-state index in [-0.39, 0.29) is 6.54 Å². The molecule has 0 aliphatic heterocycles. The van der Waals surface area contributed by atoms with Crippen LogP contribution < -0.4 is 11.0 Å². The predicted molar refractivity (Wildman–Crippen MR) is 88.4 cm³/mol.